The predicted molar refractivity (Wildman–Crippen MR) is 85.0 cm³/mol. The van der Waals surface area contributed by atoms with E-state index in [9.17, 15) is 8.42 Å². The smallest absolute Gasteiger partial charge is 0.240 e. The van der Waals surface area contributed by atoms with Crippen LogP contribution in [-0.2, 0) is 10.0 Å². The lowest BCUT2D eigenvalue weighted by atomic mass is 9.99. The summed E-state index contributed by atoms with van der Waals surface area (Å²) in [6.07, 6.45) is 3.48. The van der Waals surface area contributed by atoms with Gasteiger partial charge in [-0.1, -0.05) is 35.7 Å². The third-order valence-corrected chi connectivity index (χ3v) is 6.24. The number of anilines is 1. The Morgan fingerprint density at radius 3 is 2.70 bits per heavy atom. The summed E-state index contributed by atoms with van der Waals surface area (Å²) in [6.45, 7) is 4.43. The average molecular weight is 361 g/mol. The molecule has 2 rings (SSSR count). The van der Waals surface area contributed by atoms with Gasteiger partial charge in [0.2, 0.25) is 10.0 Å². The second-order valence-corrected chi connectivity index (χ2v) is 8.29. The van der Waals surface area contributed by atoms with E-state index in [1.807, 2.05) is 0 Å². The number of nitrogens with one attached hydrogen (secondary N) is 1. The van der Waals surface area contributed by atoms with E-state index in [-0.39, 0.29) is 4.90 Å². The molecule has 0 spiro atoms. The van der Waals surface area contributed by atoms with Crippen LogP contribution in [0.15, 0.2) is 21.5 Å². The maximum atomic E-state index is 12.4. The summed E-state index contributed by atoms with van der Waals surface area (Å²) in [5.74, 6) is 1.03. The van der Waals surface area contributed by atoms with E-state index in [4.69, 9.17) is 5.73 Å². The van der Waals surface area contributed by atoms with Gasteiger partial charge in [0.1, 0.15) is 0 Å². The van der Waals surface area contributed by atoms with Crippen LogP contribution in [-0.4, -0.2) is 15.0 Å². The van der Waals surface area contributed by atoms with Crippen molar-refractivity contribution in [2.75, 3.05) is 12.3 Å². The first-order chi connectivity index (χ1) is 9.31. The number of nitrogens with two attached hydrogens (primary N) is 1. The van der Waals surface area contributed by atoms with E-state index in [0.29, 0.717) is 34.1 Å². The number of benzene rings is 1. The Hall–Kier alpha value is -0.590. The minimum atomic E-state index is -3.51. The highest BCUT2D eigenvalue weighted by atomic mass is 79.9. The van der Waals surface area contributed by atoms with Crippen molar-refractivity contribution in [2.24, 2.45) is 11.8 Å². The summed E-state index contributed by atoms with van der Waals surface area (Å²) in [6, 6.07) is 3.32. The first kappa shape index (κ1) is 15.8. The standard InChI is InChI=1S/C14H21BrN2O2S/c1-9-4-3-5-11(9)8-17-20(18,19)14-7-12(15)6-13(16)10(14)2/h6-7,9,11,17H,3-5,8,16H2,1-2H3. The highest BCUT2D eigenvalue weighted by Crippen LogP contribution is 2.31. The molecule has 3 N–H and O–H groups in total. The molecule has 0 amide bonds. The highest BCUT2D eigenvalue weighted by Gasteiger charge is 2.26. The molecule has 0 radical (unpaired) electrons. The minimum Gasteiger partial charge on any atom is -0.398 e. The van der Waals surface area contributed by atoms with Crippen molar-refractivity contribution in [3.05, 3.63) is 22.2 Å². The van der Waals surface area contributed by atoms with Gasteiger partial charge in [-0.25, -0.2) is 13.1 Å². The lowest BCUT2D eigenvalue weighted by Crippen LogP contribution is -2.31. The average Bonchev–Trinajstić information content (AvgIpc) is 2.77. The number of sulfonamides is 1. The van der Waals surface area contributed by atoms with E-state index >= 15 is 0 Å². The maximum Gasteiger partial charge on any atom is 0.240 e. The van der Waals surface area contributed by atoms with Crippen molar-refractivity contribution in [1.82, 2.24) is 4.72 Å². The molecule has 1 saturated carbocycles. The molecule has 2 unspecified atom stereocenters. The molecule has 0 aliphatic heterocycles. The predicted octanol–water partition coefficient (Wildman–Crippen LogP) is 3.05. The van der Waals surface area contributed by atoms with Crippen molar-refractivity contribution in [1.29, 1.82) is 0 Å². The van der Waals surface area contributed by atoms with Gasteiger partial charge >= 0.3 is 0 Å². The molecule has 2 atom stereocenters. The van der Waals surface area contributed by atoms with Gasteiger partial charge in [0.25, 0.3) is 0 Å². The molecule has 0 aromatic heterocycles. The molecule has 6 heteroatoms. The molecule has 112 valence electrons. The zero-order valence-electron chi connectivity index (χ0n) is 11.8. The molecule has 1 aromatic carbocycles. The monoisotopic (exact) mass is 360 g/mol. The number of rotatable bonds is 4. The summed E-state index contributed by atoms with van der Waals surface area (Å²) in [7, 11) is -3.51. The molecule has 0 bridgehead atoms. The van der Waals surface area contributed by atoms with Gasteiger partial charge in [0.05, 0.1) is 4.90 Å². The maximum absolute atomic E-state index is 12.4. The Kier molecular flexibility index (Phi) is 4.76. The zero-order valence-corrected chi connectivity index (χ0v) is 14.2. The molecule has 0 heterocycles. The van der Waals surface area contributed by atoms with Gasteiger partial charge in [-0.2, -0.15) is 0 Å². The first-order valence-corrected chi connectivity index (χ1v) is 9.14. The van der Waals surface area contributed by atoms with E-state index in [1.54, 1.807) is 19.1 Å². The van der Waals surface area contributed by atoms with Crippen LogP contribution >= 0.6 is 15.9 Å². The largest absolute Gasteiger partial charge is 0.398 e. The first-order valence-electron chi connectivity index (χ1n) is 6.86. The fraction of sp³-hybridized carbons (Fsp3) is 0.571. The second-order valence-electron chi connectivity index (χ2n) is 5.64. The molecular weight excluding hydrogens is 340 g/mol. The molecule has 1 aliphatic rings. The van der Waals surface area contributed by atoms with Gasteiger partial charge in [0, 0.05) is 16.7 Å². The van der Waals surface area contributed by atoms with Crippen LogP contribution in [0.5, 0.6) is 0 Å². The molecule has 1 fully saturated rings. The molecule has 1 aliphatic carbocycles. The van der Waals surface area contributed by atoms with E-state index < -0.39 is 10.0 Å². The summed E-state index contributed by atoms with van der Waals surface area (Å²) >= 11 is 3.29. The fourth-order valence-electron chi connectivity index (χ4n) is 2.77. The third-order valence-electron chi connectivity index (χ3n) is 4.23. The summed E-state index contributed by atoms with van der Waals surface area (Å²) in [5, 5.41) is 0. The Labute approximate surface area is 129 Å². The third kappa shape index (κ3) is 3.35. The number of hydrogen-bond acceptors (Lipinski definition) is 3. The SMILES string of the molecule is Cc1c(N)cc(Br)cc1S(=O)(=O)NCC1CCCC1C. The van der Waals surface area contributed by atoms with Crippen molar-refractivity contribution in [2.45, 2.75) is 38.0 Å². The van der Waals surface area contributed by atoms with Crippen LogP contribution in [0.4, 0.5) is 5.69 Å². The number of hydrogen-bond donors (Lipinski definition) is 2. The number of nitrogen functional groups attached to an aromatic ring is 1. The molecule has 0 saturated heterocycles. The van der Waals surface area contributed by atoms with Gasteiger partial charge in [-0.3, -0.25) is 0 Å². The Morgan fingerprint density at radius 2 is 2.10 bits per heavy atom. The highest BCUT2D eigenvalue weighted by molar-refractivity contribution is 9.10. The molecule has 1 aromatic rings. The van der Waals surface area contributed by atoms with Crippen LogP contribution in [0.2, 0.25) is 0 Å². The molecular formula is C14H21BrN2O2S. The summed E-state index contributed by atoms with van der Waals surface area (Å²) < 4.78 is 28.3. The second kappa shape index (κ2) is 6.03. The van der Waals surface area contributed by atoms with E-state index in [0.717, 1.165) is 6.42 Å². The Morgan fingerprint density at radius 1 is 1.40 bits per heavy atom. The number of halogens is 1. The lowest BCUT2D eigenvalue weighted by Gasteiger charge is -2.17. The quantitative estimate of drug-likeness (QED) is 0.810. The van der Waals surface area contributed by atoms with Gasteiger partial charge in [-0.15, -0.1) is 0 Å². The van der Waals surface area contributed by atoms with E-state index in [2.05, 4.69) is 27.6 Å². The van der Waals surface area contributed by atoms with Gasteiger partial charge in [-0.05, 0) is 42.9 Å². The summed E-state index contributed by atoms with van der Waals surface area (Å²) in [4.78, 5) is 0.259. The van der Waals surface area contributed by atoms with Crippen LogP contribution in [0.1, 0.15) is 31.7 Å². The fourth-order valence-corrected chi connectivity index (χ4v) is 4.79. The van der Waals surface area contributed by atoms with Crippen molar-refractivity contribution >= 4 is 31.6 Å². The van der Waals surface area contributed by atoms with Crippen LogP contribution in [0, 0.1) is 18.8 Å². The van der Waals surface area contributed by atoms with Crippen molar-refractivity contribution in [3.63, 3.8) is 0 Å². The Bertz CT molecular complexity index is 601. The summed E-state index contributed by atoms with van der Waals surface area (Å²) in [5.41, 5.74) is 6.91. The normalized spacial score (nSPS) is 23.1. The van der Waals surface area contributed by atoms with Crippen molar-refractivity contribution < 1.29 is 8.42 Å². The van der Waals surface area contributed by atoms with Crippen LogP contribution in [0.25, 0.3) is 0 Å². The van der Waals surface area contributed by atoms with Crippen molar-refractivity contribution in [3.8, 4) is 0 Å². The van der Waals surface area contributed by atoms with E-state index in [1.165, 1.54) is 12.8 Å². The Balaban J connectivity index is 2.18. The zero-order chi connectivity index (χ0) is 14.9. The van der Waals surface area contributed by atoms with Gasteiger partial charge in [0.15, 0.2) is 0 Å². The minimum absolute atomic E-state index is 0.259. The van der Waals surface area contributed by atoms with Crippen LogP contribution in [0.3, 0.4) is 0 Å². The van der Waals surface area contributed by atoms with Crippen LogP contribution < -0.4 is 10.5 Å². The topological polar surface area (TPSA) is 72.2 Å². The lowest BCUT2D eigenvalue weighted by molar-refractivity contribution is 0.414. The molecule has 20 heavy (non-hydrogen) atoms. The van der Waals surface area contributed by atoms with Gasteiger partial charge < -0.3 is 5.73 Å². The molecule has 4 nitrogen and oxygen atoms in total.